The van der Waals surface area contributed by atoms with Crippen LogP contribution in [0.2, 0.25) is 0 Å². The normalized spacial score (nSPS) is 15.3. The first-order chi connectivity index (χ1) is 15.5. The molecule has 1 amide bonds. The summed E-state index contributed by atoms with van der Waals surface area (Å²) in [5.41, 5.74) is 2.75. The van der Waals surface area contributed by atoms with Crippen molar-refractivity contribution < 1.29 is 17.9 Å². The number of nitrogens with zero attached hydrogens (tertiary/aromatic N) is 1. The predicted molar refractivity (Wildman–Crippen MR) is 124 cm³/mol. The van der Waals surface area contributed by atoms with Gasteiger partial charge in [0.2, 0.25) is 10.0 Å². The van der Waals surface area contributed by atoms with E-state index in [1.807, 2.05) is 54.6 Å². The maximum absolute atomic E-state index is 12.9. The molecule has 1 aliphatic heterocycles. The molecule has 1 heterocycles. The number of carbonyl (C=O) groups excluding carboxylic acids is 1. The first-order valence-electron chi connectivity index (χ1n) is 10.6. The fourth-order valence-electron chi connectivity index (χ4n) is 3.85. The predicted octanol–water partition coefficient (Wildman–Crippen LogP) is 3.95. The fraction of sp³-hybridized carbons (Fsp3) is 0.240. The Bertz CT molecular complexity index is 1150. The van der Waals surface area contributed by atoms with Crippen molar-refractivity contribution in [1.29, 1.82) is 0 Å². The van der Waals surface area contributed by atoms with Gasteiger partial charge in [0.25, 0.3) is 5.91 Å². The van der Waals surface area contributed by atoms with Crippen molar-refractivity contribution in [2.75, 3.05) is 20.2 Å². The van der Waals surface area contributed by atoms with Crippen molar-refractivity contribution in [2.24, 2.45) is 0 Å². The molecule has 4 rings (SSSR count). The van der Waals surface area contributed by atoms with E-state index >= 15 is 0 Å². The van der Waals surface area contributed by atoms with E-state index in [9.17, 15) is 13.2 Å². The van der Waals surface area contributed by atoms with Crippen LogP contribution in [0.25, 0.3) is 11.1 Å². The molecule has 1 saturated heterocycles. The zero-order valence-corrected chi connectivity index (χ0v) is 18.7. The van der Waals surface area contributed by atoms with Crippen LogP contribution in [-0.4, -0.2) is 44.9 Å². The second-order valence-electron chi connectivity index (χ2n) is 7.77. The summed E-state index contributed by atoms with van der Waals surface area (Å²) in [4.78, 5) is 12.9. The van der Waals surface area contributed by atoms with Gasteiger partial charge in [-0.25, -0.2) is 8.42 Å². The van der Waals surface area contributed by atoms with Crippen LogP contribution in [0.4, 0.5) is 0 Å². The minimum absolute atomic E-state index is 0.0568. The Labute approximate surface area is 188 Å². The number of ether oxygens (including phenoxy) is 1. The molecule has 32 heavy (non-hydrogen) atoms. The van der Waals surface area contributed by atoms with Gasteiger partial charge in [-0.3, -0.25) is 4.79 Å². The highest BCUT2D eigenvalue weighted by Crippen LogP contribution is 2.23. The van der Waals surface area contributed by atoms with Gasteiger partial charge in [0, 0.05) is 24.7 Å². The van der Waals surface area contributed by atoms with Crippen LogP contribution in [0, 0.1) is 0 Å². The molecule has 3 aromatic carbocycles. The number of methoxy groups -OCH3 is 1. The first-order valence-corrected chi connectivity index (χ1v) is 12.0. The summed E-state index contributed by atoms with van der Waals surface area (Å²) in [6.45, 7) is 0.735. The van der Waals surface area contributed by atoms with Crippen LogP contribution < -0.4 is 10.1 Å². The van der Waals surface area contributed by atoms with E-state index < -0.39 is 10.0 Å². The lowest BCUT2D eigenvalue weighted by molar-refractivity contribution is 0.0924. The molecule has 1 aliphatic rings. The van der Waals surface area contributed by atoms with Crippen molar-refractivity contribution in [2.45, 2.75) is 23.8 Å². The quantitative estimate of drug-likeness (QED) is 0.617. The van der Waals surface area contributed by atoms with E-state index in [1.165, 1.54) is 4.31 Å². The standard InChI is InChI=1S/C25H26N2O4S/c1-31-23-11-13-24(14-12-23)32(29,30)27-17-15-22(16-18-27)26-25(28)21-9-7-20(8-10-21)19-5-3-2-4-6-19/h2-14,22H,15-18H2,1H3,(H,26,28). The van der Waals surface area contributed by atoms with Gasteiger partial charge in [0.1, 0.15) is 5.75 Å². The molecule has 6 nitrogen and oxygen atoms in total. The van der Waals surface area contributed by atoms with Crippen LogP contribution in [0.5, 0.6) is 5.75 Å². The van der Waals surface area contributed by atoms with E-state index in [2.05, 4.69) is 5.32 Å². The molecule has 0 bridgehead atoms. The minimum Gasteiger partial charge on any atom is -0.497 e. The molecule has 0 aromatic heterocycles. The molecular weight excluding hydrogens is 424 g/mol. The summed E-state index contributed by atoms with van der Waals surface area (Å²) in [6.07, 6.45) is 1.15. The van der Waals surface area contributed by atoms with Crippen molar-refractivity contribution in [1.82, 2.24) is 9.62 Å². The topological polar surface area (TPSA) is 75.7 Å². The van der Waals surface area contributed by atoms with E-state index in [4.69, 9.17) is 4.74 Å². The zero-order valence-electron chi connectivity index (χ0n) is 17.9. The van der Waals surface area contributed by atoms with Crippen LogP contribution >= 0.6 is 0 Å². The molecule has 0 unspecified atom stereocenters. The zero-order chi connectivity index (χ0) is 22.6. The van der Waals surface area contributed by atoms with Crippen molar-refractivity contribution >= 4 is 15.9 Å². The Hall–Kier alpha value is -3.16. The highest BCUT2D eigenvalue weighted by atomic mass is 32.2. The lowest BCUT2D eigenvalue weighted by Gasteiger charge is -2.31. The lowest BCUT2D eigenvalue weighted by Crippen LogP contribution is -2.46. The lowest BCUT2D eigenvalue weighted by atomic mass is 10.0. The van der Waals surface area contributed by atoms with Gasteiger partial charge in [-0.2, -0.15) is 4.31 Å². The molecule has 1 fully saturated rings. The molecule has 0 atom stereocenters. The fourth-order valence-corrected chi connectivity index (χ4v) is 5.32. The Kier molecular flexibility index (Phi) is 6.58. The maximum atomic E-state index is 12.9. The van der Waals surface area contributed by atoms with Gasteiger partial charge in [-0.15, -0.1) is 0 Å². The molecule has 0 radical (unpaired) electrons. The summed E-state index contributed by atoms with van der Waals surface area (Å²) in [7, 11) is -2.02. The average molecular weight is 451 g/mol. The van der Waals surface area contributed by atoms with Crippen LogP contribution in [0.1, 0.15) is 23.2 Å². The highest BCUT2D eigenvalue weighted by molar-refractivity contribution is 7.89. The molecule has 1 N–H and O–H groups in total. The van der Waals surface area contributed by atoms with E-state index in [0.717, 1.165) is 11.1 Å². The number of hydrogen-bond donors (Lipinski definition) is 1. The second kappa shape index (κ2) is 9.54. The van der Waals surface area contributed by atoms with Gasteiger partial charge in [-0.05, 0) is 60.4 Å². The highest BCUT2D eigenvalue weighted by Gasteiger charge is 2.30. The number of piperidine rings is 1. The first kappa shape index (κ1) is 22.0. The number of amides is 1. The Balaban J connectivity index is 1.34. The number of sulfonamides is 1. The summed E-state index contributed by atoms with van der Waals surface area (Å²) in [5.74, 6) is 0.475. The third-order valence-electron chi connectivity index (χ3n) is 5.74. The van der Waals surface area contributed by atoms with E-state index in [0.29, 0.717) is 37.2 Å². The summed E-state index contributed by atoms with van der Waals surface area (Å²) in [6, 6.07) is 23.9. The van der Waals surface area contributed by atoms with Crippen LogP contribution in [-0.2, 0) is 10.0 Å². The number of benzene rings is 3. The molecule has 0 spiro atoms. The second-order valence-corrected chi connectivity index (χ2v) is 9.71. The maximum Gasteiger partial charge on any atom is 0.251 e. The Morgan fingerprint density at radius 3 is 2.06 bits per heavy atom. The number of carbonyl (C=O) groups is 1. The number of rotatable bonds is 6. The molecule has 3 aromatic rings. The van der Waals surface area contributed by atoms with E-state index in [1.54, 1.807) is 31.4 Å². The summed E-state index contributed by atoms with van der Waals surface area (Å²) >= 11 is 0. The van der Waals surface area contributed by atoms with Gasteiger partial charge < -0.3 is 10.1 Å². The summed E-state index contributed by atoms with van der Waals surface area (Å²) < 4.78 is 32.3. The molecular formula is C25H26N2O4S. The van der Waals surface area contributed by atoms with Crippen molar-refractivity contribution in [3.8, 4) is 16.9 Å². The largest absolute Gasteiger partial charge is 0.497 e. The van der Waals surface area contributed by atoms with Gasteiger partial charge >= 0.3 is 0 Å². The third-order valence-corrected chi connectivity index (χ3v) is 7.65. The molecule has 0 saturated carbocycles. The van der Waals surface area contributed by atoms with Crippen LogP contribution in [0.3, 0.4) is 0 Å². The molecule has 0 aliphatic carbocycles. The Morgan fingerprint density at radius 2 is 1.47 bits per heavy atom. The van der Waals surface area contributed by atoms with Gasteiger partial charge in [0.05, 0.1) is 12.0 Å². The number of nitrogens with one attached hydrogen (secondary N) is 1. The Morgan fingerprint density at radius 1 is 0.875 bits per heavy atom. The number of hydrogen-bond acceptors (Lipinski definition) is 4. The van der Waals surface area contributed by atoms with Crippen molar-refractivity contribution in [3.63, 3.8) is 0 Å². The van der Waals surface area contributed by atoms with Crippen LogP contribution in [0.15, 0.2) is 83.8 Å². The monoisotopic (exact) mass is 450 g/mol. The third kappa shape index (κ3) is 4.84. The molecule has 7 heteroatoms. The van der Waals surface area contributed by atoms with Crippen molar-refractivity contribution in [3.05, 3.63) is 84.4 Å². The minimum atomic E-state index is -3.56. The van der Waals surface area contributed by atoms with Gasteiger partial charge in [0.15, 0.2) is 0 Å². The summed E-state index contributed by atoms with van der Waals surface area (Å²) in [5, 5.41) is 3.04. The average Bonchev–Trinajstić information content (AvgIpc) is 2.85. The van der Waals surface area contributed by atoms with Gasteiger partial charge in [-0.1, -0.05) is 42.5 Å². The smallest absolute Gasteiger partial charge is 0.251 e. The van der Waals surface area contributed by atoms with E-state index in [-0.39, 0.29) is 16.8 Å². The molecule has 166 valence electrons. The SMILES string of the molecule is COc1ccc(S(=O)(=O)N2CCC(NC(=O)c3ccc(-c4ccccc4)cc3)CC2)cc1.